The topological polar surface area (TPSA) is 84.9 Å². The van der Waals surface area contributed by atoms with Gasteiger partial charge in [-0.3, -0.25) is 14.2 Å². The maximum absolute atomic E-state index is 13.8. The normalized spacial score (nSPS) is 12.1. The van der Waals surface area contributed by atoms with Crippen molar-refractivity contribution in [2.24, 2.45) is 0 Å². The molecule has 160 valence electrons. The molecule has 0 unspecified atom stereocenters. The van der Waals surface area contributed by atoms with Gasteiger partial charge in [0.25, 0.3) is 11.8 Å². The van der Waals surface area contributed by atoms with E-state index in [0.29, 0.717) is 11.1 Å². The Bertz CT molecular complexity index is 933. The predicted molar refractivity (Wildman–Crippen MR) is 117 cm³/mol. The summed E-state index contributed by atoms with van der Waals surface area (Å²) in [6.45, 7) is 3.57. The van der Waals surface area contributed by atoms with E-state index >= 15 is 0 Å². The zero-order valence-corrected chi connectivity index (χ0v) is 18.5. The second kappa shape index (κ2) is 10.9. The van der Waals surface area contributed by atoms with E-state index in [2.05, 4.69) is 5.32 Å². The van der Waals surface area contributed by atoms with E-state index < -0.39 is 19.4 Å². The fourth-order valence-electron chi connectivity index (χ4n) is 2.75. The van der Waals surface area contributed by atoms with Gasteiger partial charge in [0.05, 0.1) is 13.2 Å². The average Bonchev–Trinajstić information content (AvgIpc) is 2.74. The molecular formula is C22H27N2O5P. The van der Waals surface area contributed by atoms with Crippen LogP contribution in [0.4, 0.5) is 0 Å². The van der Waals surface area contributed by atoms with Crippen LogP contribution in [0, 0.1) is 0 Å². The van der Waals surface area contributed by atoms with Gasteiger partial charge in [0, 0.05) is 19.7 Å². The van der Waals surface area contributed by atoms with Crippen LogP contribution < -0.4 is 5.32 Å². The average molecular weight is 430 g/mol. The van der Waals surface area contributed by atoms with Crippen molar-refractivity contribution < 1.29 is 23.2 Å². The molecule has 0 heterocycles. The van der Waals surface area contributed by atoms with Crippen molar-refractivity contribution in [3.8, 4) is 0 Å². The molecule has 2 rings (SSSR count). The molecule has 0 aliphatic rings. The highest BCUT2D eigenvalue weighted by atomic mass is 31.2. The van der Waals surface area contributed by atoms with Crippen LogP contribution in [0.1, 0.15) is 29.8 Å². The molecule has 1 N–H and O–H groups in total. The van der Waals surface area contributed by atoms with Gasteiger partial charge in [-0.05, 0) is 31.5 Å². The highest BCUT2D eigenvalue weighted by Crippen LogP contribution is 2.61. The molecule has 0 radical (unpaired) electrons. The molecule has 8 heteroatoms. The quantitative estimate of drug-likeness (QED) is 0.477. The van der Waals surface area contributed by atoms with Crippen molar-refractivity contribution in [2.45, 2.75) is 13.8 Å². The summed E-state index contributed by atoms with van der Waals surface area (Å²) in [7, 11) is -0.836. The summed E-state index contributed by atoms with van der Waals surface area (Å²) in [5, 5.41) is 2.68. The number of nitrogens with zero attached hydrogens (tertiary/aromatic N) is 1. The summed E-state index contributed by atoms with van der Waals surface area (Å²) < 4.78 is 24.9. The fourth-order valence-corrected chi connectivity index (χ4v) is 4.66. The molecule has 0 atom stereocenters. The zero-order chi connectivity index (χ0) is 22.1. The standard InChI is InChI=1S/C22H27N2O5P/c1-5-28-30(27,29-6-2)20(17-13-9-7-10-14-17)19(22(26)24(3)4)23-21(25)18-15-11-8-12-16-18/h7-16H,5-6H2,1-4H3,(H,23,25). The number of benzene rings is 2. The van der Waals surface area contributed by atoms with Gasteiger partial charge >= 0.3 is 7.60 Å². The van der Waals surface area contributed by atoms with Gasteiger partial charge < -0.3 is 19.3 Å². The molecule has 0 aliphatic carbocycles. The van der Waals surface area contributed by atoms with Crippen molar-refractivity contribution in [2.75, 3.05) is 27.3 Å². The number of amides is 2. The van der Waals surface area contributed by atoms with Crippen LogP contribution >= 0.6 is 7.60 Å². The van der Waals surface area contributed by atoms with E-state index in [4.69, 9.17) is 9.05 Å². The Labute approximate surface area is 177 Å². The minimum absolute atomic E-state index is 0.0229. The molecule has 0 saturated heterocycles. The highest BCUT2D eigenvalue weighted by molar-refractivity contribution is 7.65. The number of hydrogen-bond donors (Lipinski definition) is 1. The number of likely N-dealkylation sites (N-methyl/N-ethyl adjacent to an activating group) is 1. The lowest BCUT2D eigenvalue weighted by Gasteiger charge is -2.25. The summed E-state index contributed by atoms with van der Waals surface area (Å²) in [5.41, 5.74) is 0.670. The Morgan fingerprint density at radius 2 is 1.33 bits per heavy atom. The van der Waals surface area contributed by atoms with Gasteiger partial charge in [0.2, 0.25) is 0 Å². The largest absolute Gasteiger partial charge is 0.364 e. The monoisotopic (exact) mass is 430 g/mol. The first-order valence-electron chi connectivity index (χ1n) is 9.61. The predicted octanol–water partition coefficient (Wildman–Crippen LogP) is 4.14. The molecule has 2 aromatic carbocycles. The number of carbonyl (C=O) groups excluding carboxylic acids is 2. The molecule has 0 bridgehead atoms. The van der Waals surface area contributed by atoms with Crippen LogP contribution in [0.3, 0.4) is 0 Å². The van der Waals surface area contributed by atoms with Crippen LogP contribution in [-0.4, -0.2) is 44.0 Å². The minimum atomic E-state index is -3.93. The first-order chi connectivity index (χ1) is 14.3. The molecule has 0 saturated carbocycles. The molecule has 0 fully saturated rings. The van der Waals surface area contributed by atoms with Crippen LogP contribution in [0.15, 0.2) is 66.4 Å². The second-order valence-electron chi connectivity index (χ2n) is 6.44. The SMILES string of the molecule is CCOP(=O)(OCC)C(=C(NC(=O)c1ccccc1)C(=O)N(C)C)c1ccccc1. The van der Waals surface area contributed by atoms with Gasteiger partial charge in [0.15, 0.2) is 0 Å². The van der Waals surface area contributed by atoms with Gasteiger partial charge in [-0.15, -0.1) is 0 Å². The maximum Gasteiger partial charge on any atom is 0.364 e. The van der Waals surface area contributed by atoms with Crippen molar-refractivity contribution in [3.05, 3.63) is 77.5 Å². The first-order valence-corrected chi connectivity index (χ1v) is 11.2. The van der Waals surface area contributed by atoms with Gasteiger partial charge in [-0.1, -0.05) is 48.5 Å². The van der Waals surface area contributed by atoms with Crippen LogP contribution in [0.25, 0.3) is 5.31 Å². The Morgan fingerprint density at radius 3 is 1.77 bits per heavy atom. The Morgan fingerprint density at radius 1 is 0.867 bits per heavy atom. The lowest BCUT2D eigenvalue weighted by molar-refractivity contribution is -0.125. The van der Waals surface area contributed by atoms with Crippen LogP contribution in [-0.2, 0) is 18.4 Å². The molecular weight excluding hydrogens is 403 g/mol. The second-order valence-corrected chi connectivity index (χ2v) is 8.40. The van der Waals surface area contributed by atoms with Gasteiger partial charge in [-0.25, -0.2) is 0 Å². The zero-order valence-electron chi connectivity index (χ0n) is 17.6. The lowest BCUT2D eigenvalue weighted by atomic mass is 10.1. The molecule has 7 nitrogen and oxygen atoms in total. The van der Waals surface area contributed by atoms with Crippen molar-refractivity contribution in [3.63, 3.8) is 0 Å². The van der Waals surface area contributed by atoms with Crippen LogP contribution in [0.5, 0.6) is 0 Å². The van der Waals surface area contributed by atoms with Crippen LogP contribution in [0.2, 0.25) is 0 Å². The Hall–Kier alpha value is -2.73. The third kappa shape index (κ3) is 5.66. The van der Waals surface area contributed by atoms with E-state index in [-0.39, 0.29) is 24.2 Å². The minimum Gasteiger partial charge on any atom is -0.343 e. The van der Waals surface area contributed by atoms with E-state index in [1.165, 1.54) is 4.90 Å². The molecule has 30 heavy (non-hydrogen) atoms. The van der Waals surface area contributed by atoms with Gasteiger partial charge in [-0.2, -0.15) is 0 Å². The molecule has 0 aliphatic heterocycles. The summed E-state index contributed by atoms with van der Waals surface area (Å²) in [6.07, 6.45) is 0. The molecule has 0 aromatic heterocycles. The van der Waals surface area contributed by atoms with E-state index in [0.717, 1.165) is 0 Å². The van der Waals surface area contributed by atoms with Gasteiger partial charge in [0.1, 0.15) is 11.0 Å². The Balaban J connectivity index is 2.75. The van der Waals surface area contributed by atoms with Crippen molar-refractivity contribution in [1.29, 1.82) is 0 Å². The summed E-state index contributed by atoms with van der Waals surface area (Å²) in [6, 6.07) is 17.1. The summed E-state index contributed by atoms with van der Waals surface area (Å²) in [5.74, 6) is -1.04. The number of rotatable bonds is 9. The number of carbonyl (C=O) groups is 2. The van der Waals surface area contributed by atoms with Crippen molar-refractivity contribution >= 4 is 24.7 Å². The Kier molecular flexibility index (Phi) is 8.54. The summed E-state index contributed by atoms with van der Waals surface area (Å²) >= 11 is 0. The lowest BCUT2D eigenvalue weighted by Crippen LogP contribution is -2.35. The summed E-state index contributed by atoms with van der Waals surface area (Å²) in [4.78, 5) is 27.3. The first kappa shape index (κ1) is 23.5. The number of nitrogens with one attached hydrogen (secondary N) is 1. The third-order valence-electron chi connectivity index (χ3n) is 4.05. The third-order valence-corrected chi connectivity index (χ3v) is 6.28. The smallest absolute Gasteiger partial charge is 0.343 e. The number of hydrogen-bond acceptors (Lipinski definition) is 5. The highest BCUT2D eigenvalue weighted by Gasteiger charge is 2.37. The molecule has 2 aromatic rings. The van der Waals surface area contributed by atoms with E-state index in [9.17, 15) is 14.2 Å². The van der Waals surface area contributed by atoms with E-state index in [1.807, 2.05) is 0 Å². The maximum atomic E-state index is 13.8. The fraction of sp³-hybridized carbons (Fsp3) is 0.273. The molecule has 2 amide bonds. The van der Waals surface area contributed by atoms with Crippen molar-refractivity contribution in [1.82, 2.24) is 10.2 Å². The molecule has 0 spiro atoms. The van der Waals surface area contributed by atoms with E-state index in [1.54, 1.807) is 88.6 Å².